The molecule has 0 aliphatic carbocycles. The van der Waals surface area contributed by atoms with E-state index in [1.165, 1.54) is 11.5 Å². The number of aromatic nitrogens is 1. The summed E-state index contributed by atoms with van der Waals surface area (Å²) in [6.07, 6.45) is 0.769. The molecule has 2 N–H and O–H groups in total. The Balaban J connectivity index is 2.55. The van der Waals surface area contributed by atoms with Gasteiger partial charge in [0.1, 0.15) is 5.69 Å². The number of carbonyl (C=O) groups excluding carboxylic acids is 1. The molecule has 1 rings (SSSR count). The first kappa shape index (κ1) is 13.1. The van der Waals surface area contributed by atoms with Crippen LogP contribution in [0, 0.1) is 12.8 Å². The van der Waals surface area contributed by atoms with E-state index in [4.69, 9.17) is 5.11 Å². The molecule has 1 aromatic rings. The van der Waals surface area contributed by atoms with Crippen molar-refractivity contribution in [3.05, 3.63) is 16.6 Å². The first-order valence-corrected chi connectivity index (χ1v) is 6.15. The van der Waals surface area contributed by atoms with Crippen LogP contribution in [0.3, 0.4) is 0 Å². The number of nitrogens with zero attached hydrogens (tertiary/aromatic N) is 1. The Labute approximate surface area is 99.9 Å². The van der Waals surface area contributed by atoms with Crippen LogP contribution >= 0.6 is 11.5 Å². The lowest BCUT2D eigenvalue weighted by Crippen LogP contribution is -2.38. The zero-order valence-electron chi connectivity index (χ0n) is 9.86. The van der Waals surface area contributed by atoms with Crippen molar-refractivity contribution in [3.63, 3.8) is 0 Å². The van der Waals surface area contributed by atoms with Gasteiger partial charge in [0.15, 0.2) is 0 Å². The second-order valence-corrected chi connectivity index (χ2v) is 5.31. The van der Waals surface area contributed by atoms with Gasteiger partial charge in [-0.15, -0.1) is 0 Å². The van der Waals surface area contributed by atoms with Crippen LogP contribution in [0.15, 0.2) is 6.07 Å². The number of hydrogen-bond donors (Lipinski definition) is 2. The van der Waals surface area contributed by atoms with Crippen LogP contribution in [0.2, 0.25) is 0 Å². The Morgan fingerprint density at radius 2 is 2.31 bits per heavy atom. The fourth-order valence-corrected chi connectivity index (χ4v) is 2.02. The molecule has 0 radical (unpaired) electrons. The number of amides is 1. The van der Waals surface area contributed by atoms with Crippen molar-refractivity contribution < 1.29 is 9.90 Å². The molecule has 0 aliphatic heterocycles. The Morgan fingerprint density at radius 3 is 2.75 bits per heavy atom. The highest BCUT2D eigenvalue weighted by molar-refractivity contribution is 7.05. The van der Waals surface area contributed by atoms with Crippen molar-refractivity contribution >= 4 is 17.4 Å². The average molecular weight is 242 g/mol. The van der Waals surface area contributed by atoms with Gasteiger partial charge in [-0.1, -0.05) is 13.8 Å². The fraction of sp³-hybridized carbons (Fsp3) is 0.636. The van der Waals surface area contributed by atoms with Crippen molar-refractivity contribution in [2.45, 2.75) is 33.2 Å². The summed E-state index contributed by atoms with van der Waals surface area (Å²) in [5, 5.41) is 11.9. The van der Waals surface area contributed by atoms with E-state index in [0.29, 0.717) is 11.6 Å². The van der Waals surface area contributed by atoms with E-state index in [2.05, 4.69) is 23.5 Å². The van der Waals surface area contributed by atoms with Gasteiger partial charge in [-0.3, -0.25) is 4.79 Å². The minimum Gasteiger partial charge on any atom is -0.394 e. The molecule has 0 saturated heterocycles. The summed E-state index contributed by atoms with van der Waals surface area (Å²) in [5.74, 6) is 0.235. The van der Waals surface area contributed by atoms with Crippen molar-refractivity contribution in [2.24, 2.45) is 5.92 Å². The van der Waals surface area contributed by atoms with E-state index in [0.717, 1.165) is 11.3 Å². The average Bonchev–Trinajstić information content (AvgIpc) is 2.63. The lowest BCUT2D eigenvalue weighted by molar-refractivity contribution is 0.0904. The number of aliphatic hydroxyl groups is 1. The van der Waals surface area contributed by atoms with Gasteiger partial charge in [-0.25, -0.2) is 0 Å². The molecule has 0 aliphatic rings. The normalized spacial score (nSPS) is 12.8. The molecule has 4 nitrogen and oxygen atoms in total. The molecule has 1 atom stereocenters. The van der Waals surface area contributed by atoms with E-state index in [1.807, 2.05) is 6.92 Å². The van der Waals surface area contributed by atoms with Gasteiger partial charge in [-0.05, 0) is 36.9 Å². The zero-order chi connectivity index (χ0) is 12.1. The highest BCUT2D eigenvalue weighted by Gasteiger charge is 2.16. The lowest BCUT2D eigenvalue weighted by Gasteiger charge is -2.17. The van der Waals surface area contributed by atoms with Crippen LogP contribution < -0.4 is 5.32 Å². The molecule has 1 aromatic heterocycles. The molecule has 0 saturated carbocycles. The molecule has 0 aromatic carbocycles. The molecule has 90 valence electrons. The maximum Gasteiger partial charge on any atom is 0.271 e. The SMILES string of the molecule is Cc1cc(C(=O)N[C@H](CO)CC(C)C)ns1. The second-order valence-electron chi connectivity index (χ2n) is 4.31. The van der Waals surface area contributed by atoms with Gasteiger partial charge < -0.3 is 10.4 Å². The maximum atomic E-state index is 11.7. The molecule has 0 unspecified atom stereocenters. The third kappa shape index (κ3) is 3.90. The third-order valence-electron chi connectivity index (χ3n) is 2.17. The van der Waals surface area contributed by atoms with Gasteiger partial charge in [-0.2, -0.15) is 4.37 Å². The highest BCUT2D eigenvalue weighted by atomic mass is 32.1. The first-order valence-electron chi connectivity index (χ1n) is 5.38. The molecule has 5 heteroatoms. The van der Waals surface area contributed by atoms with Crippen molar-refractivity contribution in [1.29, 1.82) is 0 Å². The minimum absolute atomic E-state index is 0.0347. The van der Waals surface area contributed by atoms with E-state index >= 15 is 0 Å². The van der Waals surface area contributed by atoms with Gasteiger partial charge in [0, 0.05) is 4.88 Å². The third-order valence-corrected chi connectivity index (χ3v) is 2.87. The first-order chi connectivity index (χ1) is 7.52. The lowest BCUT2D eigenvalue weighted by atomic mass is 10.0. The zero-order valence-corrected chi connectivity index (χ0v) is 10.7. The largest absolute Gasteiger partial charge is 0.394 e. The number of nitrogens with one attached hydrogen (secondary N) is 1. The van der Waals surface area contributed by atoms with Crippen LogP contribution in [0.25, 0.3) is 0 Å². The van der Waals surface area contributed by atoms with Crippen molar-refractivity contribution in [1.82, 2.24) is 9.69 Å². The predicted octanol–water partition coefficient (Wildman–Crippen LogP) is 1.59. The summed E-state index contributed by atoms with van der Waals surface area (Å²) in [7, 11) is 0. The summed E-state index contributed by atoms with van der Waals surface area (Å²) in [6.45, 7) is 5.99. The van der Waals surface area contributed by atoms with Gasteiger partial charge in [0.2, 0.25) is 0 Å². The Kier molecular flexibility index (Phi) is 4.89. The molecule has 16 heavy (non-hydrogen) atoms. The maximum absolute atomic E-state index is 11.7. The Morgan fingerprint density at radius 1 is 1.62 bits per heavy atom. The van der Waals surface area contributed by atoms with Gasteiger partial charge >= 0.3 is 0 Å². The van der Waals surface area contributed by atoms with Gasteiger partial charge in [0.25, 0.3) is 5.91 Å². The van der Waals surface area contributed by atoms with Crippen LogP contribution in [0.5, 0.6) is 0 Å². The van der Waals surface area contributed by atoms with E-state index in [-0.39, 0.29) is 18.6 Å². The summed E-state index contributed by atoms with van der Waals surface area (Å²) in [4.78, 5) is 12.7. The van der Waals surface area contributed by atoms with Crippen molar-refractivity contribution in [2.75, 3.05) is 6.61 Å². The molecular formula is C11H18N2O2S. The molecule has 0 bridgehead atoms. The van der Waals surface area contributed by atoms with E-state index in [9.17, 15) is 4.79 Å². The summed E-state index contributed by atoms with van der Waals surface area (Å²) in [6, 6.07) is 1.57. The van der Waals surface area contributed by atoms with E-state index < -0.39 is 0 Å². The Hall–Kier alpha value is -0.940. The number of hydrogen-bond acceptors (Lipinski definition) is 4. The van der Waals surface area contributed by atoms with E-state index in [1.54, 1.807) is 6.07 Å². The van der Waals surface area contributed by atoms with Gasteiger partial charge in [0.05, 0.1) is 12.6 Å². The highest BCUT2D eigenvalue weighted by Crippen LogP contribution is 2.09. The second kappa shape index (κ2) is 5.96. The quantitative estimate of drug-likeness (QED) is 0.824. The van der Waals surface area contributed by atoms with Crippen LogP contribution in [-0.4, -0.2) is 28.0 Å². The molecule has 0 spiro atoms. The monoisotopic (exact) mass is 242 g/mol. The topological polar surface area (TPSA) is 62.2 Å². The molecule has 1 amide bonds. The standard InChI is InChI=1S/C11H18N2O2S/c1-7(2)4-9(6-14)12-11(15)10-5-8(3)16-13-10/h5,7,9,14H,4,6H2,1-3H3,(H,12,15)/t9-/m0/s1. The summed E-state index contributed by atoms with van der Waals surface area (Å²) < 4.78 is 4.03. The minimum atomic E-state index is -0.205. The summed E-state index contributed by atoms with van der Waals surface area (Å²) >= 11 is 1.31. The predicted molar refractivity (Wildman–Crippen MR) is 64.6 cm³/mol. The number of rotatable bonds is 5. The van der Waals surface area contributed by atoms with Crippen LogP contribution in [-0.2, 0) is 0 Å². The fourth-order valence-electron chi connectivity index (χ4n) is 1.48. The van der Waals surface area contributed by atoms with Crippen LogP contribution in [0.4, 0.5) is 0 Å². The smallest absolute Gasteiger partial charge is 0.271 e. The Bertz CT molecular complexity index is 350. The molecule has 0 fully saturated rings. The van der Waals surface area contributed by atoms with Crippen molar-refractivity contribution in [3.8, 4) is 0 Å². The number of carbonyl (C=O) groups is 1. The summed E-state index contributed by atoms with van der Waals surface area (Å²) in [5.41, 5.74) is 0.435. The molecule has 1 heterocycles. The number of aryl methyl sites for hydroxylation is 1. The number of aliphatic hydroxyl groups excluding tert-OH is 1. The molecular weight excluding hydrogens is 224 g/mol. The van der Waals surface area contributed by atoms with Crippen LogP contribution in [0.1, 0.15) is 35.6 Å².